The molecule has 2 unspecified atom stereocenters. The van der Waals surface area contributed by atoms with Gasteiger partial charge in [0.2, 0.25) is 15.9 Å². The summed E-state index contributed by atoms with van der Waals surface area (Å²) in [6, 6.07) is 13.8. The molecule has 8 heteroatoms. The van der Waals surface area contributed by atoms with Gasteiger partial charge in [0.1, 0.15) is 0 Å². The number of morpholine rings is 1. The molecule has 2 atom stereocenters. The molecule has 1 heterocycles. The zero-order valence-electron chi connectivity index (χ0n) is 16.7. The predicted octanol–water partition coefficient (Wildman–Crippen LogP) is 2.12. The molecular weight excluding hydrogens is 390 g/mol. The van der Waals surface area contributed by atoms with E-state index in [1.807, 2.05) is 24.3 Å². The van der Waals surface area contributed by atoms with Crippen LogP contribution in [0.4, 0.5) is 5.69 Å². The highest BCUT2D eigenvalue weighted by Gasteiger charge is 2.23. The third-order valence-electron chi connectivity index (χ3n) is 4.80. The highest BCUT2D eigenvalue weighted by Crippen LogP contribution is 2.21. The Morgan fingerprint density at radius 1 is 1.10 bits per heavy atom. The van der Waals surface area contributed by atoms with E-state index in [4.69, 9.17) is 9.88 Å². The summed E-state index contributed by atoms with van der Waals surface area (Å²) in [7, 11) is -3.74. The number of sulfonamides is 1. The summed E-state index contributed by atoms with van der Waals surface area (Å²) in [5, 5.41) is 8.08. The van der Waals surface area contributed by atoms with Crippen LogP contribution in [-0.4, -0.2) is 44.5 Å². The maximum atomic E-state index is 12.5. The molecule has 29 heavy (non-hydrogen) atoms. The third kappa shape index (κ3) is 6.11. The lowest BCUT2D eigenvalue weighted by Gasteiger charge is -2.35. The third-order valence-corrected chi connectivity index (χ3v) is 5.73. The average Bonchev–Trinajstić information content (AvgIpc) is 2.62. The second kappa shape index (κ2) is 9.04. The van der Waals surface area contributed by atoms with Crippen LogP contribution >= 0.6 is 0 Å². The largest absolute Gasteiger partial charge is 0.373 e. The van der Waals surface area contributed by atoms with Gasteiger partial charge < -0.3 is 10.1 Å². The maximum absolute atomic E-state index is 12.5. The van der Waals surface area contributed by atoms with Gasteiger partial charge in [-0.1, -0.05) is 30.3 Å². The van der Waals surface area contributed by atoms with Gasteiger partial charge in [0.25, 0.3) is 0 Å². The molecule has 1 aliphatic heterocycles. The van der Waals surface area contributed by atoms with Crippen molar-refractivity contribution < 1.29 is 17.9 Å². The zero-order chi connectivity index (χ0) is 21.0. The lowest BCUT2D eigenvalue weighted by Crippen LogP contribution is -2.44. The van der Waals surface area contributed by atoms with Gasteiger partial charge in [0, 0.05) is 25.3 Å². The number of amides is 1. The van der Waals surface area contributed by atoms with E-state index in [9.17, 15) is 13.2 Å². The van der Waals surface area contributed by atoms with Crippen molar-refractivity contribution in [2.24, 2.45) is 5.14 Å². The summed E-state index contributed by atoms with van der Waals surface area (Å²) >= 11 is 0. The van der Waals surface area contributed by atoms with E-state index in [1.165, 1.54) is 12.1 Å². The summed E-state index contributed by atoms with van der Waals surface area (Å²) < 4.78 is 28.5. The molecule has 1 amide bonds. The first-order valence-electron chi connectivity index (χ1n) is 9.58. The van der Waals surface area contributed by atoms with Crippen LogP contribution in [-0.2, 0) is 32.5 Å². The Morgan fingerprint density at radius 3 is 2.34 bits per heavy atom. The second-order valence-corrected chi connectivity index (χ2v) is 9.08. The molecule has 3 rings (SSSR count). The standard InChI is InChI=1S/C21H27N3O4S/c1-15-12-24(13-16(2)28-15)14-18-5-3-4-6-20(18)23-21(25)11-17-7-9-19(10-8-17)29(22,26)27/h3-10,15-16H,11-14H2,1-2H3,(H,23,25)(H2,22,26,27). The van der Waals surface area contributed by atoms with Crippen molar-refractivity contribution in [3.8, 4) is 0 Å². The first kappa shape index (κ1) is 21.4. The Kier molecular flexibility index (Phi) is 6.69. The first-order chi connectivity index (χ1) is 13.7. The molecule has 0 bridgehead atoms. The van der Waals surface area contributed by atoms with Crippen LogP contribution in [0.15, 0.2) is 53.4 Å². The summed E-state index contributed by atoms with van der Waals surface area (Å²) in [5.41, 5.74) is 2.54. The van der Waals surface area contributed by atoms with Crippen LogP contribution in [0.25, 0.3) is 0 Å². The number of nitrogens with zero attached hydrogens (tertiary/aromatic N) is 1. The number of hydrogen-bond donors (Lipinski definition) is 2. The molecule has 1 aliphatic rings. The van der Waals surface area contributed by atoms with E-state index in [0.717, 1.165) is 30.9 Å². The van der Waals surface area contributed by atoms with Gasteiger partial charge in [-0.3, -0.25) is 9.69 Å². The van der Waals surface area contributed by atoms with Crippen molar-refractivity contribution in [3.05, 3.63) is 59.7 Å². The molecule has 2 aromatic rings. The Labute approximate surface area is 171 Å². The van der Waals surface area contributed by atoms with Gasteiger partial charge in [0.15, 0.2) is 0 Å². The fourth-order valence-electron chi connectivity index (χ4n) is 3.61. The van der Waals surface area contributed by atoms with Crippen LogP contribution in [0.2, 0.25) is 0 Å². The Morgan fingerprint density at radius 2 is 1.72 bits per heavy atom. The molecule has 7 nitrogen and oxygen atoms in total. The lowest BCUT2D eigenvalue weighted by molar-refractivity contribution is -0.115. The van der Waals surface area contributed by atoms with Crippen LogP contribution in [0.1, 0.15) is 25.0 Å². The van der Waals surface area contributed by atoms with E-state index < -0.39 is 10.0 Å². The summed E-state index contributed by atoms with van der Waals surface area (Å²) in [4.78, 5) is 14.9. The number of para-hydroxylation sites is 1. The van der Waals surface area contributed by atoms with Crippen LogP contribution in [0.5, 0.6) is 0 Å². The molecule has 3 N–H and O–H groups in total. The number of nitrogens with two attached hydrogens (primary N) is 1. The highest BCUT2D eigenvalue weighted by molar-refractivity contribution is 7.89. The smallest absolute Gasteiger partial charge is 0.238 e. The topological polar surface area (TPSA) is 102 Å². The molecule has 0 aliphatic carbocycles. The van der Waals surface area contributed by atoms with Crippen molar-refractivity contribution in [1.29, 1.82) is 0 Å². The van der Waals surface area contributed by atoms with Gasteiger partial charge in [0.05, 0.1) is 23.5 Å². The summed E-state index contributed by atoms with van der Waals surface area (Å²) in [5.74, 6) is -0.162. The van der Waals surface area contributed by atoms with Crippen molar-refractivity contribution >= 4 is 21.6 Å². The minimum atomic E-state index is -3.74. The number of benzene rings is 2. The Balaban J connectivity index is 1.65. The number of primary sulfonamides is 1. The fraction of sp³-hybridized carbons (Fsp3) is 0.381. The molecule has 1 saturated heterocycles. The molecular formula is C21H27N3O4S. The van der Waals surface area contributed by atoms with Crippen LogP contribution < -0.4 is 10.5 Å². The van der Waals surface area contributed by atoms with Gasteiger partial charge in [-0.05, 0) is 43.2 Å². The highest BCUT2D eigenvalue weighted by atomic mass is 32.2. The Bertz CT molecular complexity index is 950. The molecule has 0 radical (unpaired) electrons. The lowest BCUT2D eigenvalue weighted by atomic mass is 10.1. The SMILES string of the molecule is CC1CN(Cc2ccccc2NC(=O)Cc2ccc(S(N)(=O)=O)cc2)CC(C)O1. The number of rotatable bonds is 6. The number of hydrogen-bond acceptors (Lipinski definition) is 5. The molecule has 1 fully saturated rings. The van der Waals surface area contributed by atoms with Gasteiger partial charge >= 0.3 is 0 Å². The zero-order valence-corrected chi connectivity index (χ0v) is 17.5. The van der Waals surface area contributed by atoms with Crippen molar-refractivity contribution in [2.45, 2.75) is 43.9 Å². The predicted molar refractivity (Wildman–Crippen MR) is 112 cm³/mol. The first-order valence-corrected chi connectivity index (χ1v) is 11.1. The number of carbonyl (C=O) groups excluding carboxylic acids is 1. The number of nitrogens with one attached hydrogen (secondary N) is 1. The molecule has 0 aromatic heterocycles. The van der Waals surface area contributed by atoms with E-state index in [-0.39, 0.29) is 29.4 Å². The maximum Gasteiger partial charge on any atom is 0.238 e. The number of carbonyl (C=O) groups is 1. The van der Waals surface area contributed by atoms with E-state index >= 15 is 0 Å². The average molecular weight is 418 g/mol. The normalized spacial score (nSPS) is 20.4. The van der Waals surface area contributed by atoms with Crippen LogP contribution in [0.3, 0.4) is 0 Å². The number of ether oxygens (including phenoxy) is 1. The van der Waals surface area contributed by atoms with Gasteiger partial charge in [-0.2, -0.15) is 0 Å². The van der Waals surface area contributed by atoms with Crippen LogP contribution in [0, 0.1) is 0 Å². The quantitative estimate of drug-likeness (QED) is 0.750. The molecule has 156 valence electrons. The minimum absolute atomic E-state index is 0.0287. The number of anilines is 1. The molecule has 0 spiro atoms. The van der Waals surface area contributed by atoms with E-state index in [0.29, 0.717) is 5.56 Å². The fourth-order valence-corrected chi connectivity index (χ4v) is 4.13. The summed E-state index contributed by atoms with van der Waals surface area (Å²) in [6.45, 7) is 6.57. The monoisotopic (exact) mass is 417 g/mol. The minimum Gasteiger partial charge on any atom is -0.373 e. The van der Waals surface area contributed by atoms with Gasteiger partial charge in [-0.15, -0.1) is 0 Å². The second-order valence-electron chi connectivity index (χ2n) is 7.52. The van der Waals surface area contributed by atoms with Crippen molar-refractivity contribution in [1.82, 2.24) is 4.90 Å². The van der Waals surface area contributed by atoms with E-state index in [1.54, 1.807) is 12.1 Å². The Hall–Kier alpha value is -2.26. The molecule has 2 aromatic carbocycles. The summed E-state index contributed by atoms with van der Waals surface area (Å²) in [6.07, 6.45) is 0.506. The van der Waals surface area contributed by atoms with E-state index in [2.05, 4.69) is 24.1 Å². The molecule has 0 saturated carbocycles. The van der Waals surface area contributed by atoms with Crippen molar-refractivity contribution in [3.63, 3.8) is 0 Å². The van der Waals surface area contributed by atoms with Crippen molar-refractivity contribution in [2.75, 3.05) is 18.4 Å². The van der Waals surface area contributed by atoms with Gasteiger partial charge in [-0.25, -0.2) is 13.6 Å².